The molecule has 4 rings (SSSR count). The summed E-state index contributed by atoms with van der Waals surface area (Å²) in [5, 5.41) is 4.04. The van der Waals surface area contributed by atoms with Crippen molar-refractivity contribution < 1.29 is 13.7 Å². The third-order valence-electron chi connectivity index (χ3n) is 4.18. The topological polar surface area (TPSA) is 51.4 Å². The third kappa shape index (κ3) is 3.03. The molecule has 0 N–H and O–H groups in total. The molecule has 0 unspecified atom stereocenters. The van der Waals surface area contributed by atoms with Gasteiger partial charge in [-0.25, -0.2) is 4.39 Å². The van der Waals surface area contributed by atoms with Crippen LogP contribution < -0.4 is 0 Å². The molecule has 116 valence electrons. The zero-order valence-electron chi connectivity index (χ0n) is 12.2. The summed E-state index contributed by atoms with van der Waals surface area (Å²) in [6.07, 6.45) is 2.30. The molecule has 0 bridgehead atoms. The van der Waals surface area contributed by atoms with E-state index >= 15 is 0 Å². The summed E-state index contributed by atoms with van der Waals surface area (Å²) in [7, 11) is 0. The number of benzene rings is 1. The first kappa shape index (κ1) is 13.8. The van der Waals surface area contributed by atoms with E-state index in [-0.39, 0.29) is 11.9 Å². The molecule has 1 aliphatic carbocycles. The number of hydrogen-bond acceptors (Lipinski definition) is 5. The lowest BCUT2D eigenvalue weighted by Crippen LogP contribution is -2.37. The Kier molecular flexibility index (Phi) is 3.63. The highest BCUT2D eigenvalue weighted by molar-refractivity contribution is 5.19. The molecule has 1 atom stereocenters. The van der Waals surface area contributed by atoms with Gasteiger partial charge in [-0.15, -0.1) is 0 Å². The van der Waals surface area contributed by atoms with Crippen LogP contribution in [0.1, 0.15) is 42.1 Å². The van der Waals surface area contributed by atoms with Gasteiger partial charge in [0.1, 0.15) is 5.82 Å². The van der Waals surface area contributed by atoms with Crippen molar-refractivity contribution in [2.75, 3.05) is 19.7 Å². The van der Waals surface area contributed by atoms with Gasteiger partial charge < -0.3 is 9.26 Å². The third-order valence-corrected chi connectivity index (χ3v) is 4.18. The van der Waals surface area contributed by atoms with E-state index < -0.39 is 0 Å². The number of nitrogens with zero attached hydrogens (tertiary/aromatic N) is 3. The van der Waals surface area contributed by atoms with E-state index in [0.717, 1.165) is 24.5 Å². The SMILES string of the molecule is Fc1ccc([C@@H]2CN(Cc3nc(C4CC4)no3)CCO2)cc1. The average Bonchev–Trinajstić information content (AvgIpc) is 3.29. The van der Waals surface area contributed by atoms with Crippen molar-refractivity contribution in [2.45, 2.75) is 31.4 Å². The standard InChI is InChI=1S/C16H18FN3O2/c17-13-5-3-11(4-6-13)14-9-20(7-8-21-14)10-15-18-16(19-22-15)12-1-2-12/h3-6,12,14H,1-2,7-10H2/t14-/m0/s1. The monoisotopic (exact) mass is 303 g/mol. The Morgan fingerprint density at radius 2 is 2.05 bits per heavy atom. The fraction of sp³-hybridized carbons (Fsp3) is 0.500. The molecule has 2 fully saturated rings. The fourth-order valence-electron chi connectivity index (χ4n) is 2.76. The Bertz CT molecular complexity index is 639. The van der Waals surface area contributed by atoms with Gasteiger partial charge in [0.25, 0.3) is 0 Å². The molecule has 0 amide bonds. The largest absolute Gasteiger partial charge is 0.371 e. The first-order chi connectivity index (χ1) is 10.8. The predicted molar refractivity (Wildman–Crippen MR) is 76.6 cm³/mol. The van der Waals surface area contributed by atoms with E-state index in [1.165, 1.54) is 25.0 Å². The molecule has 0 spiro atoms. The minimum absolute atomic E-state index is 0.0415. The van der Waals surface area contributed by atoms with Crippen molar-refractivity contribution in [1.82, 2.24) is 15.0 Å². The van der Waals surface area contributed by atoms with Crippen LogP contribution in [0.2, 0.25) is 0 Å². The predicted octanol–water partition coefficient (Wildman–Crippen LogP) is 2.66. The maximum atomic E-state index is 13.0. The summed E-state index contributed by atoms with van der Waals surface area (Å²) in [5.41, 5.74) is 0.996. The fourth-order valence-corrected chi connectivity index (χ4v) is 2.76. The summed E-state index contributed by atoms with van der Waals surface area (Å²) >= 11 is 0. The number of ether oxygens (including phenoxy) is 1. The lowest BCUT2D eigenvalue weighted by Gasteiger charge is -2.32. The van der Waals surface area contributed by atoms with Crippen LogP contribution in [0.25, 0.3) is 0 Å². The Hall–Kier alpha value is -1.79. The Balaban J connectivity index is 1.40. The van der Waals surface area contributed by atoms with Crippen LogP contribution in [-0.2, 0) is 11.3 Å². The quantitative estimate of drug-likeness (QED) is 0.869. The lowest BCUT2D eigenvalue weighted by atomic mass is 10.1. The van der Waals surface area contributed by atoms with Crippen LogP contribution in [0.15, 0.2) is 28.8 Å². The highest BCUT2D eigenvalue weighted by Gasteiger charge is 2.29. The first-order valence-electron chi connectivity index (χ1n) is 7.70. The zero-order valence-corrected chi connectivity index (χ0v) is 12.2. The van der Waals surface area contributed by atoms with E-state index in [9.17, 15) is 4.39 Å². The highest BCUT2D eigenvalue weighted by Crippen LogP contribution is 2.38. The molecule has 6 heteroatoms. The number of hydrogen-bond donors (Lipinski definition) is 0. The molecule has 2 aromatic rings. The van der Waals surface area contributed by atoms with E-state index in [1.54, 1.807) is 12.1 Å². The van der Waals surface area contributed by atoms with Gasteiger partial charge in [0.2, 0.25) is 5.89 Å². The lowest BCUT2D eigenvalue weighted by molar-refractivity contribution is -0.0356. The first-order valence-corrected chi connectivity index (χ1v) is 7.70. The van der Waals surface area contributed by atoms with Gasteiger partial charge in [-0.3, -0.25) is 4.90 Å². The second-order valence-corrected chi connectivity index (χ2v) is 5.97. The molecular formula is C16H18FN3O2. The van der Waals surface area contributed by atoms with Crippen molar-refractivity contribution in [3.05, 3.63) is 47.4 Å². The Morgan fingerprint density at radius 3 is 2.82 bits per heavy atom. The van der Waals surface area contributed by atoms with E-state index in [1.807, 2.05) is 0 Å². The smallest absolute Gasteiger partial charge is 0.240 e. The zero-order chi connectivity index (χ0) is 14.9. The van der Waals surface area contributed by atoms with Gasteiger partial charge in [-0.2, -0.15) is 4.98 Å². The number of rotatable bonds is 4. The number of aromatic nitrogens is 2. The highest BCUT2D eigenvalue weighted by atomic mass is 19.1. The van der Waals surface area contributed by atoms with Gasteiger partial charge in [-0.05, 0) is 30.5 Å². The molecule has 5 nitrogen and oxygen atoms in total. The van der Waals surface area contributed by atoms with E-state index in [2.05, 4.69) is 15.0 Å². The molecule has 1 saturated carbocycles. The molecule has 22 heavy (non-hydrogen) atoms. The van der Waals surface area contributed by atoms with Gasteiger partial charge in [0.05, 0.1) is 19.3 Å². The van der Waals surface area contributed by atoms with Crippen molar-refractivity contribution in [3.8, 4) is 0 Å². The summed E-state index contributed by atoms with van der Waals surface area (Å²) in [5.74, 6) is 1.80. The summed E-state index contributed by atoms with van der Waals surface area (Å²) in [6.45, 7) is 2.86. The van der Waals surface area contributed by atoms with Gasteiger partial charge in [0.15, 0.2) is 5.82 Å². The molecule has 2 aliphatic rings. The number of halogens is 1. The van der Waals surface area contributed by atoms with Gasteiger partial charge in [-0.1, -0.05) is 17.3 Å². The van der Waals surface area contributed by atoms with Gasteiger partial charge >= 0.3 is 0 Å². The molecule has 0 radical (unpaired) electrons. The molecule has 1 aliphatic heterocycles. The second-order valence-electron chi connectivity index (χ2n) is 5.97. The molecule has 1 aromatic carbocycles. The maximum Gasteiger partial charge on any atom is 0.240 e. The van der Waals surface area contributed by atoms with Gasteiger partial charge in [0, 0.05) is 19.0 Å². The summed E-state index contributed by atoms with van der Waals surface area (Å²) in [4.78, 5) is 6.70. The van der Waals surface area contributed by atoms with Crippen LogP contribution in [0, 0.1) is 5.82 Å². The van der Waals surface area contributed by atoms with Crippen molar-refractivity contribution in [2.24, 2.45) is 0 Å². The normalized spacial score (nSPS) is 22.9. The van der Waals surface area contributed by atoms with Crippen LogP contribution in [-0.4, -0.2) is 34.7 Å². The second kappa shape index (κ2) is 5.78. The van der Waals surface area contributed by atoms with E-state index in [0.29, 0.717) is 25.0 Å². The van der Waals surface area contributed by atoms with Crippen LogP contribution in [0.3, 0.4) is 0 Å². The van der Waals surface area contributed by atoms with Crippen molar-refractivity contribution in [3.63, 3.8) is 0 Å². The molecule has 1 aromatic heterocycles. The molecular weight excluding hydrogens is 285 g/mol. The van der Waals surface area contributed by atoms with Crippen LogP contribution in [0.4, 0.5) is 4.39 Å². The molecule has 2 heterocycles. The van der Waals surface area contributed by atoms with Crippen LogP contribution in [0.5, 0.6) is 0 Å². The van der Waals surface area contributed by atoms with Crippen molar-refractivity contribution in [1.29, 1.82) is 0 Å². The molecule has 1 saturated heterocycles. The minimum atomic E-state index is -0.227. The summed E-state index contributed by atoms with van der Waals surface area (Å²) in [6, 6.07) is 6.50. The minimum Gasteiger partial charge on any atom is -0.371 e. The Labute approximate surface area is 128 Å². The average molecular weight is 303 g/mol. The maximum absolute atomic E-state index is 13.0. The van der Waals surface area contributed by atoms with E-state index in [4.69, 9.17) is 9.26 Å². The number of morpholine rings is 1. The van der Waals surface area contributed by atoms with Crippen LogP contribution >= 0.6 is 0 Å². The summed E-state index contributed by atoms with van der Waals surface area (Å²) < 4.78 is 24.1. The van der Waals surface area contributed by atoms with Crippen molar-refractivity contribution >= 4 is 0 Å². The Morgan fingerprint density at radius 1 is 1.23 bits per heavy atom.